The van der Waals surface area contributed by atoms with Gasteiger partial charge in [0.05, 0.1) is 0 Å². The number of benzene rings is 1. The molecule has 0 fully saturated rings. The van der Waals surface area contributed by atoms with E-state index >= 15 is 0 Å². The van der Waals surface area contributed by atoms with E-state index in [0.717, 1.165) is 12.1 Å². The van der Waals surface area contributed by atoms with Crippen molar-refractivity contribution < 1.29 is 19.9 Å². The molecule has 0 aromatic heterocycles. The number of aromatic carboxylic acids is 1. The van der Waals surface area contributed by atoms with Crippen LogP contribution in [0, 0.1) is 10.1 Å². The van der Waals surface area contributed by atoms with E-state index in [1.54, 1.807) is 0 Å². The van der Waals surface area contributed by atoms with Crippen LogP contribution in [0.5, 0.6) is 5.75 Å². The molecule has 0 heterocycles. The lowest BCUT2D eigenvalue weighted by molar-refractivity contribution is -0.496. The molecule has 0 aliphatic rings. The fourth-order valence-corrected chi connectivity index (χ4v) is 1.00. The van der Waals surface area contributed by atoms with Gasteiger partial charge in [0.2, 0.25) is 6.54 Å². The van der Waals surface area contributed by atoms with Gasteiger partial charge in [0, 0.05) is 10.5 Å². The summed E-state index contributed by atoms with van der Waals surface area (Å²) < 4.78 is 0. The first-order valence-electron chi connectivity index (χ1n) is 3.67. The van der Waals surface area contributed by atoms with E-state index in [1.165, 1.54) is 6.07 Å². The lowest BCUT2D eigenvalue weighted by Crippen LogP contribution is -2.02. The van der Waals surface area contributed by atoms with Crippen LogP contribution in [0.1, 0.15) is 15.9 Å². The van der Waals surface area contributed by atoms with Gasteiger partial charge in [0.15, 0.2) is 0 Å². The van der Waals surface area contributed by atoms with Gasteiger partial charge in [-0.3, -0.25) is 10.1 Å². The maximum absolute atomic E-state index is 10.5. The second-order valence-electron chi connectivity index (χ2n) is 2.65. The molecule has 2 N–H and O–H groups in total. The number of rotatable bonds is 3. The minimum Gasteiger partial charge on any atom is -0.507 e. The van der Waals surface area contributed by atoms with Crippen LogP contribution in [0.3, 0.4) is 0 Å². The number of phenols is 1. The topological polar surface area (TPSA) is 101 Å². The Hall–Kier alpha value is -2.11. The molecule has 1 aromatic carbocycles. The highest BCUT2D eigenvalue weighted by atomic mass is 16.6. The fraction of sp³-hybridized carbons (Fsp3) is 0.125. The van der Waals surface area contributed by atoms with Crippen molar-refractivity contribution in [2.24, 2.45) is 0 Å². The van der Waals surface area contributed by atoms with Crippen molar-refractivity contribution in [3.8, 4) is 5.75 Å². The van der Waals surface area contributed by atoms with Gasteiger partial charge < -0.3 is 10.2 Å². The van der Waals surface area contributed by atoms with E-state index in [4.69, 9.17) is 10.2 Å². The number of carbonyl (C=O) groups is 1. The number of carboxylic acid groups (broad SMARTS) is 1. The largest absolute Gasteiger partial charge is 0.507 e. The van der Waals surface area contributed by atoms with Crippen molar-refractivity contribution in [1.82, 2.24) is 0 Å². The molecule has 0 atom stereocenters. The van der Waals surface area contributed by atoms with Gasteiger partial charge in [0.25, 0.3) is 0 Å². The van der Waals surface area contributed by atoms with Gasteiger partial charge in [-0.15, -0.1) is 0 Å². The molecular weight excluding hydrogens is 190 g/mol. The first-order chi connectivity index (χ1) is 6.50. The molecule has 74 valence electrons. The summed E-state index contributed by atoms with van der Waals surface area (Å²) in [5.74, 6) is -1.71. The van der Waals surface area contributed by atoms with E-state index in [9.17, 15) is 14.9 Å². The summed E-state index contributed by atoms with van der Waals surface area (Å²) in [6.07, 6.45) is 0. The molecule has 6 nitrogen and oxygen atoms in total. The minimum atomic E-state index is -1.31. The lowest BCUT2D eigenvalue weighted by atomic mass is 10.1. The SMILES string of the molecule is O=C(O)c1cc(C[N+](=O)[O-])ccc1O. The molecule has 0 amide bonds. The Kier molecular flexibility index (Phi) is 2.66. The predicted octanol–water partition coefficient (Wildman–Crippen LogP) is 0.867. The highest BCUT2D eigenvalue weighted by Crippen LogP contribution is 2.18. The molecule has 0 saturated carbocycles. The molecule has 6 heteroatoms. The van der Waals surface area contributed by atoms with Crippen molar-refractivity contribution in [3.63, 3.8) is 0 Å². The normalized spacial score (nSPS) is 9.71. The van der Waals surface area contributed by atoms with Gasteiger partial charge in [-0.2, -0.15) is 0 Å². The van der Waals surface area contributed by atoms with E-state index in [-0.39, 0.29) is 11.1 Å². The third-order valence-electron chi connectivity index (χ3n) is 1.60. The number of nitro groups is 1. The Labute approximate surface area is 78.6 Å². The first-order valence-corrected chi connectivity index (χ1v) is 3.67. The molecular formula is C8H7NO5. The van der Waals surface area contributed by atoms with Crippen molar-refractivity contribution in [3.05, 3.63) is 39.4 Å². The maximum Gasteiger partial charge on any atom is 0.339 e. The van der Waals surface area contributed by atoms with E-state index in [2.05, 4.69) is 0 Å². The smallest absolute Gasteiger partial charge is 0.339 e. The highest BCUT2D eigenvalue weighted by molar-refractivity contribution is 5.90. The summed E-state index contributed by atoms with van der Waals surface area (Å²) in [7, 11) is 0. The van der Waals surface area contributed by atoms with Gasteiger partial charge >= 0.3 is 5.97 Å². The Morgan fingerprint density at radius 1 is 1.50 bits per heavy atom. The Bertz CT molecular complexity index is 387. The van der Waals surface area contributed by atoms with Crippen molar-refractivity contribution in [2.45, 2.75) is 6.54 Å². The van der Waals surface area contributed by atoms with Crippen LogP contribution in [-0.4, -0.2) is 21.1 Å². The molecule has 0 saturated heterocycles. The zero-order chi connectivity index (χ0) is 10.7. The van der Waals surface area contributed by atoms with Crippen LogP contribution < -0.4 is 0 Å². The van der Waals surface area contributed by atoms with Gasteiger partial charge in [-0.1, -0.05) is 0 Å². The molecule has 0 radical (unpaired) electrons. The second-order valence-corrected chi connectivity index (χ2v) is 2.65. The molecule has 0 aliphatic heterocycles. The van der Waals surface area contributed by atoms with Crippen LogP contribution in [0.2, 0.25) is 0 Å². The second kappa shape index (κ2) is 3.73. The zero-order valence-corrected chi connectivity index (χ0v) is 7.01. The third kappa shape index (κ3) is 2.19. The van der Waals surface area contributed by atoms with Crippen molar-refractivity contribution in [1.29, 1.82) is 0 Å². The molecule has 0 bridgehead atoms. The van der Waals surface area contributed by atoms with Crippen LogP contribution in [-0.2, 0) is 6.54 Å². The predicted molar refractivity (Wildman–Crippen MR) is 45.8 cm³/mol. The lowest BCUT2D eigenvalue weighted by Gasteiger charge is -2.00. The number of nitrogens with zero attached hydrogens (tertiary/aromatic N) is 1. The summed E-state index contributed by atoms with van der Waals surface area (Å²) in [5, 5.41) is 27.8. The Balaban J connectivity index is 3.06. The van der Waals surface area contributed by atoms with Crippen LogP contribution in [0.4, 0.5) is 0 Å². The summed E-state index contributed by atoms with van der Waals surface area (Å²) in [6, 6.07) is 3.52. The summed E-state index contributed by atoms with van der Waals surface area (Å²) in [4.78, 5) is 20.1. The van der Waals surface area contributed by atoms with Crippen LogP contribution in [0.15, 0.2) is 18.2 Å². The fourth-order valence-electron chi connectivity index (χ4n) is 1.00. The average molecular weight is 197 g/mol. The number of hydrogen-bond donors (Lipinski definition) is 2. The average Bonchev–Trinajstić information content (AvgIpc) is 2.07. The van der Waals surface area contributed by atoms with Crippen LogP contribution in [0.25, 0.3) is 0 Å². The highest BCUT2D eigenvalue weighted by Gasteiger charge is 2.11. The van der Waals surface area contributed by atoms with Gasteiger partial charge in [-0.25, -0.2) is 4.79 Å². The Morgan fingerprint density at radius 2 is 2.14 bits per heavy atom. The first kappa shape index (κ1) is 9.97. The summed E-state index contributed by atoms with van der Waals surface area (Å²) in [6.45, 7) is -0.458. The standard InChI is InChI=1S/C8H7NO5/c10-7-2-1-5(4-9(13)14)3-6(7)8(11)12/h1-3,10H,4H2,(H,11,12). The van der Waals surface area contributed by atoms with E-state index in [0.29, 0.717) is 0 Å². The van der Waals surface area contributed by atoms with Gasteiger partial charge in [0.1, 0.15) is 11.3 Å². The van der Waals surface area contributed by atoms with Gasteiger partial charge in [-0.05, 0) is 18.2 Å². The quantitative estimate of drug-likeness (QED) is 0.553. The number of aromatic hydroxyl groups is 1. The monoisotopic (exact) mass is 197 g/mol. The molecule has 1 aromatic rings. The molecule has 0 aliphatic carbocycles. The molecule has 14 heavy (non-hydrogen) atoms. The molecule has 0 spiro atoms. The molecule has 1 rings (SSSR count). The third-order valence-corrected chi connectivity index (χ3v) is 1.60. The van der Waals surface area contributed by atoms with Crippen molar-refractivity contribution >= 4 is 5.97 Å². The minimum absolute atomic E-state index is 0.241. The number of carboxylic acids is 1. The maximum atomic E-state index is 10.5. The summed E-state index contributed by atoms with van der Waals surface area (Å²) >= 11 is 0. The van der Waals surface area contributed by atoms with E-state index in [1.807, 2.05) is 0 Å². The zero-order valence-electron chi connectivity index (χ0n) is 7.01. The molecule has 0 unspecified atom stereocenters. The van der Waals surface area contributed by atoms with Crippen LogP contribution >= 0.6 is 0 Å². The van der Waals surface area contributed by atoms with Crippen molar-refractivity contribution in [2.75, 3.05) is 0 Å². The number of hydrogen-bond acceptors (Lipinski definition) is 4. The summed E-state index contributed by atoms with van der Waals surface area (Å²) in [5.41, 5.74) is -0.0884. The van der Waals surface area contributed by atoms with E-state index < -0.39 is 23.2 Å². The Morgan fingerprint density at radius 3 is 2.64 bits per heavy atom.